The molecule has 0 spiro atoms. The highest BCUT2D eigenvalue weighted by Gasteiger charge is 2.35. The number of alkyl halides is 3. The van der Waals surface area contributed by atoms with E-state index in [1.54, 1.807) is 13.0 Å². The van der Waals surface area contributed by atoms with Crippen molar-refractivity contribution in [3.05, 3.63) is 59.1 Å². The third-order valence-corrected chi connectivity index (χ3v) is 6.10. The van der Waals surface area contributed by atoms with Crippen LogP contribution in [-0.2, 0) is 25.7 Å². The number of hydrogen-bond acceptors (Lipinski definition) is 4. The highest BCUT2D eigenvalue weighted by atomic mass is 35.5. The Morgan fingerprint density at radius 2 is 1.83 bits per heavy atom. The van der Waals surface area contributed by atoms with Crippen molar-refractivity contribution in [1.82, 2.24) is 5.32 Å². The van der Waals surface area contributed by atoms with Gasteiger partial charge in [-0.3, -0.25) is 9.10 Å². The number of halogens is 4. The van der Waals surface area contributed by atoms with E-state index >= 15 is 0 Å². The maximum absolute atomic E-state index is 13.3. The fraction of sp³-hybridized carbons (Fsp3) is 0.316. The van der Waals surface area contributed by atoms with Crippen LogP contribution in [0.3, 0.4) is 0 Å². The maximum atomic E-state index is 13.3. The van der Waals surface area contributed by atoms with Gasteiger partial charge in [0.25, 0.3) is 10.0 Å². The molecular formula is C19H20ClF3N2O4S. The predicted octanol–water partition coefficient (Wildman–Crippen LogP) is 3.71. The Kier molecular flexibility index (Phi) is 7.73. The number of sulfonamides is 1. The third-order valence-electron chi connectivity index (χ3n) is 3.99. The topological polar surface area (TPSA) is 75.7 Å². The molecule has 0 aromatic heterocycles. The molecule has 2 aromatic rings. The minimum absolute atomic E-state index is 0.175. The van der Waals surface area contributed by atoms with Crippen LogP contribution in [-0.4, -0.2) is 40.6 Å². The van der Waals surface area contributed by atoms with Crippen molar-refractivity contribution in [3.63, 3.8) is 0 Å². The Balaban J connectivity index is 2.51. The number of carbonyl (C=O) groups is 1. The number of benzene rings is 2. The average molecular weight is 465 g/mol. The van der Waals surface area contributed by atoms with Crippen molar-refractivity contribution >= 4 is 33.2 Å². The van der Waals surface area contributed by atoms with E-state index in [2.05, 4.69) is 5.32 Å². The number of nitrogens with one attached hydrogen (secondary N) is 1. The standard InChI is InChI=1S/C19H20ClF3N2O4S/c1-13(12-29-2)24-18(26)11-25(30(27,28)15-6-4-3-5-7-15)14-8-9-17(20)16(10-14)19(21,22)23/h3-10,13H,11-12H2,1-2H3,(H,24,26)/t13-/m1/s1. The van der Waals surface area contributed by atoms with Gasteiger partial charge < -0.3 is 10.1 Å². The number of hydrogen-bond donors (Lipinski definition) is 1. The van der Waals surface area contributed by atoms with Crippen molar-refractivity contribution in [2.24, 2.45) is 0 Å². The predicted molar refractivity (Wildman–Crippen MR) is 107 cm³/mol. The zero-order chi connectivity index (χ0) is 22.5. The summed E-state index contributed by atoms with van der Waals surface area (Å²) in [6.45, 7) is 1.09. The average Bonchev–Trinajstić information content (AvgIpc) is 2.66. The van der Waals surface area contributed by atoms with Gasteiger partial charge in [0.2, 0.25) is 5.91 Å². The molecule has 0 aliphatic heterocycles. The van der Waals surface area contributed by atoms with Crippen molar-refractivity contribution in [2.75, 3.05) is 24.6 Å². The number of carbonyl (C=O) groups excluding carboxylic acids is 1. The lowest BCUT2D eigenvalue weighted by Crippen LogP contribution is -2.44. The molecule has 0 radical (unpaired) electrons. The summed E-state index contributed by atoms with van der Waals surface area (Å²) >= 11 is 5.65. The van der Waals surface area contributed by atoms with Crippen LogP contribution in [0.5, 0.6) is 0 Å². The van der Waals surface area contributed by atoms with Gasteiger partial charge in [-0.25, -0.2) is 8.42 Å². The second-order valence-corrected chi connectivity index (χ2v) is 8.68. The summed E-state index contributed by atoms with van der Waals surface area (Å²) in [4.78, 5) is 12.2. The molecule has 11 heteroatoms. The summed E-state index contributed by atoms with van der Waals surface area (Å²) in [5.41, 5.74) is -1.55. The lowest BCUT2D eigenvalue weighted by atomic mass is 10.2. The van der Waals surface area contributed by atoms with Gasteiger partial charge in [0.15, 0.2) is 0 Å². The van der Waals surface area contributed by atoms with E-state index in [0.717, 1.165) is 12.1 Å². The van der Waals surface area contributed by atoms with Crippen molar-refractivity contribution < 1.29 is 31.1 Å². The van der Waals surface area contributed by atoms with Gasteiger partial charge >= 0.3 is 6.18 Å². The van der Waals surface area contributed by atoms with Crippen LogP contribution in [0.15, 0.2) is 53.4 Å². The highest BCUT2D eigenvalue weighted by molar-refractivity contribution is 7.92. The van der Waals surface area contributed by atoms with Gasteiger partial charge in [0, 0.05) is 13.2 Å². The maximum Gasteiger partial charge on any atom is 0.417 e. The number of nitrogens with zero attached hydrogens (tertiary/aromatic N) is 1. The Morgan fingerprint density at radius 1 is 1.20 bits per heavy atom. The lowest BCUT2D eigenvalue weighted by Gasteiger charge is -2.26. The summed E-state index contributed by atoms with van der Waals surface area (Å²) in [7, 11) is -2.91. The number of ether oxygens (including phenoxy) is 1. The molecule has 0 aliphatic rings. The lowest BCUT2D eigenvalue weighted by molar-refractivity contribution is -0.137. The van der Waals surface area contributed by atoms with Gasteiger partial charge in [-0.2, -0.15) is 13.2 Å². The summed E-state index contributed by atoms with van der Waals surface area (Å²) in [6, 6.07) is 9.33. The number of anilines is 1. The first-order chi connectivity index (χ1) is 14.0. The molecule has 0 bridgehead atoms. The van der Waals surface area contributed by atoms with Gasteiger partial charge in [0.1, 0.15) is 6.54 Å². The van der Waals surface area contributed by atoms with Crippen LogP contribution >= 0.6 is 11.6 Å². The summed E-state index contributed by atoms with van der Waals surface area (Å²) in [5.74, 6) is -0.706. The van der Waals surface area contributed by atoms with E-state index in [1.807, 2.05) is 0 Å². The Labute approximate surface area is 177 Å². The van der Waals surface area contributed by atoms with Crippen molar-refractivity contribution in [1.29, 1.82) is 0 Å². The number of methoxy groups -OCH3 is 1. The van der Waals surface area contributed by atoms with Gasteiger partial charge in [-0.05, 0) is 37.3 Å². The molecule has 1 atom stereocenters. The molecule has 0 unspecified atom stereocenters. The monoisotopic (exact) mass is 464 g/mol. The fourth-order valence-electron chi connectivity index (χ4n) is 2.66. The molecular weight excluding hydrogens is 445 g/mol. The van der Waals surface area contributed by atoms with Crippen LogP contribution < -0.4 is 9.62 Å². The number of amides is 1. The minimum atomic E-state index is -4.80. The first-order valence-electron chi connectivity index (χ1n) is 8.69. The molecule has 0 heterocycles. The molecule has 30 heavy (non-hydrogen) atoms. The highest BCUT2D eigenvalue weighted by Crippen LogP contribution is 2.37. The third kappa shape index (κ3) is 5.87. The molecule has 6 nitrogen and oxygen atoms in total. The van der Waals surface area contributed by atoms with Crippen LogP contribution in [0.1, 0.15) is 12.5 Å². The summed E-state index contributed by atoms with van der Waals surface area (Å²) in [5, 5.41) is 1.96. The van der Waals surface area contributed by atoms with Gasteiger partial charge in [0.05, 0.1) is 27.8 Å². The molecule has 2 aromatic carbocycles. The molecule has 1 N–H and O–H groups in total. The van der Waals surface area contributed by atoms with Crippen molar-refractivity contribution in [3.8, 4) is 0 Å². The van der Waals surface area contributed by atoms with E-state index in [4.69, 9.17) is 16.3 Å². The first kappa shape index (κ1) is 24.0. The van der Waals surface area contributed by atoms with E-state index in [0.29, 0.717) is 10.4 Å². The minimum Gasteiger partial charge on any atom is -0.383 e. The SMILES string of the molecule is COC[C@@H](C)NC(=O)CN(c1ccc(Cl)c(C(F)(F)F)c1)S(=O)(=O)c1ccccc1. The van der Waals surface area contributed by atoms with Crippen LogP contribution in [0.2, 0.25) is 5.02 Å². The molecule has 2 rings (SSSR count). The van der Waals surface area contributed by atoms with E-state index < -0.39 is 45.3 Å². The molecule has 1 amide bonds. The van der Waals surface area contributed by atoms with Crippen LogP contribution in [0.25, 0.3) is 0 Å². The molecule has 0 fully saturated rings. The largest absolute Gasteiger partial charge is 0.417 e. The molecule has 0 saturated heterocycles. The Bertz CT molecular complexity index is 985. The molecule has 0 saturated carbocycles. The molecule has 164 valence electrons. The normalized spacial score (nSPS) is 13.0. The smallest absolute Gasteiger partial charge is 0.383 e. The zero-order valence-electron chi connectivity index (χ0n) is 16.1. The van der Waals surface area contributed by atoms with E-state index in [-0.39, 0.29) is 17.2 Å². The van der Waals surface area contributed by atoms with Gasteiger partial charge in [-0.1, -0.05) is 29.8 Å². The van der Waals surface area contributed by atoms with Gasteiger partial charge in [-0.15, -0.1) is 0 Å². The first-order valence-corrected chi connectivity index (χ1v) is 10.5. The zero-order valence-corrected chi connectivity index (χ0v) is 17.7. The second-order valence-electron chi connectivity index (χ2n) is 6.41. The fourth-order valence-corrected chi connectivity index (χ4v) is 4.32. The van der Waals surface area contributed by atoms with E-state index in [1.165, 1.54) is 31.4 Å². The summed E-state index contributed by atoms with van der Waals surface area (Å²) in [6.07, 6.45) is -4.80. The second kappa shape index (κ2) is 9.67. The van der Waals surface area contributed by atoms with E-state index in [9.17, 15) is 26.4 Å². The summed E-state index contributed by atoms with van der Waals surface area (Å²) < 4.78 is 71.6. The van der Waals surface area contributed by atoms with Crippen molar-refractivity contribution in [2.45, 2.75) is 24.0 Å². The quantitative estimate of drug-likeness (QED) is 0.646. The van der Waals surface area contributed by atoms with Crippen LogP contribution in [0.4, 0.5) is 18.9 Å². The van der Waals surface area contributed by atoms with Crippen LogP contribution in [0, 0.1) is 0 Å². The Hall–Kier alpha value is -2.30. The molecule has 0 aliphatic carbocycles. The number of rotatable bonds is 8. The Morgan fingerprint density at radius 3 is 2.40 bits per heavy atom.